The lowest BCUT2D eigenvalue weighted by Gasteiger charge is -2.33. The fourth-order valence-corrected chi connectivity index (χ4v) is 4.13. The van der Waals surface area contributed by atoms with Crippen LogP contribution in [0.5, 0.6) is 0 Å². The Labute approximate surface area is 174 Å². The Hall–Kier alpha value is -1.64. The van der Waals surface area contributed by atoms with Gasteiger partial charge in [0.25, 0.3) is 10.1 Å². The van der Waals surface area contributed by atoms with Crippen LogP contribution < -0.4 is 0 Å². The number of ether oxygens (including phenoxy) is 2. The van der Waals surface area contributed by atoms with Gasteiger partial charge in [-0.2, -0.15) is 8.42 Å². The van der Waals surface area contributed by atoms with Crippen molar-refractivity contribution in [3.8, 4) is 0 Å². The Balaban J connectivity index is 1.55. The van der Waals surface area contributed by atoms with E-state index in [0.717, 1.165) is 19.3 Å². The molecular formula is C21H33NO6S. The van der Waals surface area contributed by atoms with Gasteiger partial charge in [0.2, 0.25) is 0 Å². The molecule has 0 N–H and O–H groups in total. The fourth-order valence-electron chi connectivity index (χ4n) is 3.12. The Morgan fingerprint density at radius 2 is 1.72 bits per heavy atom. The second kappa shape index (κ2) is 10.9. The Bertz CT molecular complexity index is 721. The summed E-state index contributed by atoms with van der Waals surface area (Å²) in [4.78, 5) is 13.8. The van der Waals surface area contributed by atoms with E-state index >= 15 is 0 Å². The lowest BCUT2D eigenvalue weighted by molar-refractivity contribution is 0.0163. The molecule has 1 aromatic carbocycles. The van der Waals surface area contributed by atoms with Crippen molar-refractivity contribution >= 4 is 16.2 Å². The van der Waals surface area contributed by atoms with Crippen LogP contribution in [0.2, 0.25) is 0 Å². The number of hydrogen-bond acceptors (Lipinski definition) is 6. The van der Waals surface area contributed by atoms with Crippen molar-refractivity contribution in [3.63, 3.8) is 0 Å². The highest BCUT2D eigenvalue weighted by Crippen LogP contribution is 2.22. The van der Waals surface area contributed by atoms with Gasteiger partial charge in [0, 0.05) is 19.7 Å². The van der Waals surface area contributed by atoms with Crippen LogP contribution in [0, 0.1) is 5.92 Å². The molecule has 0 saturated carbocycles. The van der Waals surface area contributed by atoms with Gasteiger partial charge in [0.05, 0.1) is 13.2 Å². The fraction of sp³-hybridized carbons (Fsp3) is 0.667. The van der Waals surface area contributed by atoms with E-state index in [1.54, 1.807) is 29.2 Å². The molecule has 1 aromatic rings. The molecule has 1 fully saturated rings. The summed E-state index contributed by atoms with van der Waals surface area (Å²) >= 11 is 0. The van der Waals surface area contributed by atoms with Gasteiger partial charge >= 0.3 is 6.09 Å². The molecule has 1 aliphatic rings. The molecule has 1 amide bonds. The number of nitrogens with zero attached hydrogens (tertiary/aromatic N) is 1. The van der Waals surface area contributed by atoms with Gasteiger partial charge < -0.3 is 14.4 Å². The molecule has 1 aliphatic heterocycles. The van der Waals surface area contributed by atoms with Crippen molar-refractivity contribution in [1.29, 1.82) is 0 Å². The van der Waals surface area contributed by atoms with Gasteiger partial charge in [-0.25, -0.2) is 4.79 Å². The molecular weight excluding hydrogens is 394 g/mol. The maximum Gasteiger partial charge on any atom is 0.410 e. The SMILES string of the molecule is CC(C)(C)OC(=O)N1CCC(CCOCCOS(=O)(=O)Cc2ccccc2)CC1. The molecule has 8 heteroatoms. The molecule has 164 valence electrons. The van der Waals surface area contributed by atoms with E-state index in [0.29, 0.717) is 31.2 Å². The predicted octanol–water partition coefficient (Wildman–Crippen LogP) is 3.59. The first-order valence-electron chi connectivity index (χ1n) is 10.1. The van der Waals surface area contributed by atoms with E-state index in [-0.39, 0.29) is 25.1 Å². The van der Waals surface area contributed by atoms with Crippen LogP contribution in [-0.2, 0) is 29.5 Å². The summed E-state index contributed by atoms with van der Waals surface area (Å²) in [7, 11) is -3.60. The minimum absolute atomic E-state index is 0.0201. The molecule has 1 heterocycles. The zero-order valence-electron chi connectivity index (χ0n) is 17.6. The predicted molar refractivity (Wildman–Crippen MR) is 111 cm³/mol. The first-order valence-corrected chi connectivity index (χ1v) is 11.7. The molecule has 29 heavy (non-hydrogen) atoms. The standard InChI is InChI=1S/C21H33NO6S/c1-21(2,3)28-20(23)22-12-9-18(10-13-22)11-14-26-15-16-27-29(24,25)17-19-7-5-4-6-8-19/h4-8,18H,9-17H2,1-3H3. The number of carbonyl (C=O) groups excluding carboxylic acids is 1. The Morgan fingerprint density at radius 1 is 1.07 bits per heavy atom. The Morgan fingerprint density at radius 3 is 2.34 bits per heavy atom. The largest absolute Gasteiger partial charge is 0.444 e. The van der Waals surface area contributed by atoms with Crippen LogP contribution in [0.4, 0.5) is 4.79 Å². The molecule has 0 aliphatic carbocycles. The monoisotopic (exact) mass is 427 g/mol. The second-order valence-electron chi connectivity index (χ2n) is 8.32. The van der Waals surface area contributed by atoms with Crippen LogP contribution in [0.1, 0.15) is 45.6 Å². The molecule has 1 saturated heterocycles. The highest BCUT2D eigenvalue weighted by atomic mass is 32.2. The van der Waals surface area contributed by atoms with E-state index < -0.39 is 15.7 Å². The maximum absolute atomic E-state index is 12.1. The van der Waals surface area contributed by atoms with Gasteiger partial charge in [0.15, 0.2) is 0 Å². The van der Waals surface area contributed by atoms with Gasteiger partial charge in [-0.15, -0.1) is 0 Å². The Kier molecular flexibility index (Phi) is 8.92. The van der Waals surface area contributed by atoms with Crippen LogP contribution in [0.25, 0.3) is 0 Å². The summed E-state index contributed by atoms with van der Waals surface area (Å²) in [6.07, 6.45) is 2.48. The topological polar surface area (TPSA) is 82.1 Å². The van der Waals surface area contributed by atoms with Crippen LogP contribution in [-0.4, -0.2) is 57.9 Å². The third-order valence-electron chi connectivity index (χ3n) is 4.61. The lowest BCUT2D eigenvalue weighted by Crippen LogP contribution is -2.41. The zero-order chi connectivity index (χ0) is 21.3. The average molecular weight is 428 g/mol. The number of hydrogen-bond donors (Lipinski definition) is 0. The van der Waals surface area contributed by atoms with E-state index in [4.69, 9.17) is 13.7 Å². The van der Waals surface area contributed by atoms with Gasteiger partial charge in [0.1, 0.15) is 11.4 Å². The molecule has 0 spiro atoms. The molecule has 0 atom stereocenters. The average Bonchev–Trinajstić information content (AvgIpc) is 2.64. The van der Waals surface area contributed by atoms with Crippen molar-refractivity contribution in [2.45, 2.75) is 51.4 Å². The first-order chi connectivity index (χ1) is 13.6. The maximum atomic E-state index is 12.1. The summed E-state index contributed by atoms with van der Waals surface area (Å²) in [5, 5.41) is 0. The summed E-state index contributed by atoms with van der Waals surface area (Å²) in [5.74, 6) is 0.362. The number of carbonyl (C=O) groups is 1. The van der Waals surface area contributed by atoms with Crippen molar-refractivity contribution in [2.75, 3.05) is 32.9 Å². The summed E-state index contributed by atoms with van der Waals surface area (Å²) in [5.41, 5.74) is 0.226. The highest BCUT2D eigenvalue weighted by Gasteiger charge is 2.26. The lowest BCUT2D eigenvalue weighted by atomic mass is 9.94. The van der Waals surface area contributed by atoms with Crippen LogP contribution >= 0.6 is 0 Å². The number of amides is 1. The van der Waals surface area contributed by atoms with Crippen molar-refractivity contribution in [1.82, 2.24) is 4.90 Å². The number of benzene rings is 1. The number of piperidine rings is 1. The van der Waals surface area contributed by atoms with Crippen molar-refractivity contribution in [2.24, 2.45) is 5.92 Å². The zero-order valence-corrected chi connectivity index (χ0v) is 18.4. The first kappa shape index (κ1) is 23.6. The molecule has 0 unspecified atom stereocenters. The van der Waals surface area contributed by atoms with Gasteiger partial charge in [-0.3, -0.25) is 4.18 Å². The third-order valence-corrected chi connectivity index (χ3v) is 5.83. The molecule has 0 radical (unpaired) electrons. The van der Waals surface area contributed by atoms with E-state index in [9.17, 15) is 13.2 Å². The number of likely N-dealkylation sites (tertiary alicyclic amines) is 1. The van der Waals surface area contributed by atoms with Gasteiger partial charge in [-0.1, -0.05) is 30.3 Å². The minimum atomic E-state index is -3.60. The third kappa shape index (κ3) is 9.60. The highest BCUT2D eigenvalue weighted by molar-refractivity contribution is 7.85. The number of rotatable bonds is 9. The van der Waals surface area contributed by atoms with E-state index in [1.807, 2.05) is 26.8 Å². The van der Waals surface area contributed by atoms with Crippen molar-refractivity contribution < 1.29 is 26.9 Å². The quantitative estimate of drug-likeness (QED) is 0.442. The minimum Gasteiger partial charge on any atom is -0.444 e. The smallest absolute Gasteiger partial charge is 0.410 e. The van der Waals surface area contributed by atoms with Gasteiger partial charge in [-0.05, 0) is 51.5 Å². The molecule has 2 rings (SSSR count). The molecule has 0 aromatic heterocycles. The summed E-state index contributed by atoms with van der Waals surface area (Å²) in [6.45, 7) is 7.81. The summed E-state index contributed by atoms with van der Waals surface area (Å²) in [6, 6.07) is 8.95. The second-order valence-corrected chi connectivity index (χ2v) is 9.96. The van der Waals surface area contributed by atoms with E-state index in [1.165, 1.54) is 0 Å². The summed E-state index contributed by atoms with van der Waals surface area (Å²) < 4.78 is 39.8. The normalized spacial score (nSPS) is 16.0. The molecule has 0 bridgehead atoms. The van der Waals surface area contributed by atoms with Crippen LogP contribution in [0.3, 0.4) is 0 Å². The van der Waals surface area contributed by atoms with Crippen molar-refractivity contribution in [3.05, 3.63) is 35.9 Å². The van der Waals surface area contributed by atoms with E-state index in [2.05, 4.69) is 0 Å². The molecule has 7 nitrogen and oxygen atoms in total. The van der Waals surface area contributed by atoms with Crippen LogP contribution in [0.15, 0.2) is 30.3 Å².